The van der Waals surface area contributed by atoms with E-state index in [9.17, 15) is 4.79 Å². The molecule has 1 atom stereocenters. The van der Waals surface area contributed by atoms with Gasteiger partial charge >= 0.3 is 0 Å². The van der Waals surface area contributed by atoms with Crippen molar-refractivity contribution < 1.29 is 33.0 Å². The Balaban J connectivity index is 1.61. The van der Waals surface area contributed by atoms with Crippen LogP contribution < -0.4 is 23.7 Å². The summed E-state index contributed by atoms with van der Waals surface area (Å²) in [5, 5.41) is 4.16. The van der Waals surface area contributed by atoms with Gasteiger partial charge in [0.2, 0.25) is 5.78 Å². The van der Waals surface area contributed by atoms with Crippen LogP contribution in [0.5, 0.6) is 28.7 Å². The molecule has 1 aliphatic heterocycles. The molecule has 0 saturated carbocycles. The lowest BCUT2D eigenvalue weighted by Crippen LogP contribution is -2.50. The molecule has 4 aromatic carbocycles. The molecule has 0 amide bonds. The summed E-state index contributed by atoms with van der Waals surface area (Å²) in [6, 6.07) is 15.6. The Morgan fingerprint density at radius 3 is 2.08 bits per heavy atom. The number of likely N-dealkylation sites (N-methyl/N-ethyl adjacent to an activating group) is 1. The zero-order chi connectivity index (χ0) is 27.0. The molecule has 7 heteroatoms. The van der Waals surface area contributed by atoms with Gasteiger partial charge in [-0.25, -0.2) is 0 Å². The van der Waals surface area contributed by atoms with Crippen LogP contribution in [0.15, 0.2) is 48.5 Å². The molecule has 0 N–H and O–H groups in total. The summed E-state index contributed by atoms with van der Waals surface area (Å²) in [6.07, 6.45) is 0.817. The van der Waals surface area contributed by atoms with Gasteiger partial charge in [0.15, 0.2) is 23.0 Å². The Hall–Kier alpha value is -3.97. The van der Waals surface area contributed by atoms with Crippen LogP contribution in [0.1, 0.15) is 21.5 Å². The third-order valence-electron chi connectivity index (χ3n) is 7.71. The predicted octanol–water partition coefficient (Wildman–Crippen LogP) is 5.42. The maximum Gasteiger partial charge on any atom is 0.216 e. The van der Waals surface area contributed by atoms with E-state index in [1.54, 1.807) is 35.5 Å². The molecule has 0 bridgehead atoms. The van der Waals surface area contributed by atoms with Crippen molar-refractivity contribution >= 4 is 27.3 Å². The van der Waals surface area contributed by atoms with E-state index in [0.717, 1.165) is 51.6 Å². The molecule has 4 aromatic rings. The SMILES string of the molecule is COc1ccc(C(=O)C[N+]2(C)CCc3c(c(OC)c(OC)c4c3ccc3cc(OC)c(OC)cc34)C2)cc1. The average Bonchev–Trinajstić information content (AvgIpc) is 2.94. The number of quaternary nitrogens is 1. The molecule has 0 fully saturated rings. The maximum absolute atomic E-state index is 13.2. The van der Waals surface area contributed by atoms with Gasteiger partial charge in [0.25, 0.3) is 0 Å². The van der Waals surface area contributed by atoms with Crippen molar-refractivity contribution in [2.45, 2.75) is 13.0 Å². The van der Waals surface area contributed by atoms with Gasteiger partial charge in [-0.15, -0.1) is 0 Å². The first-order valence-electron chi connectivity index (χ1n) is 12.6. The lowest BCUT2D eigenvalue weighted by molar-refractivity contribution is -0.916. The second-order valence-electron chi connectivity index (χ2n) is 10.0. The normalized spacial score (nSPS) is 16.7. The highest BCUT2D eigenvalue weighted by Crippen LogP contribution is 2.48. The molecule has 1 unspecified atom stereocenters. The van der Waals surface area contributed by atoms with E-state index in [0.29, 0.717) is 40.4 Å². The number of fused-ring (bicyclic) bond motifs is 5. The Morgan fingerprint density at radius 1 is 0.763 bits per heavy atom. The first kappa shape index (κ1) is 25.7. The monoisotopic (exact) mass is 516 g/mol. The van der Waals surface area contributed by atoms with E-state index < -0.39 is 0 Å². The number of hydrogen-bond donors (Lipinski definition) is 0. The van der Waals surface area contributed by atoms with Gasteiger partial charge in [0.05, 0.1) is 54.7 Å². The van der Waals surface area contributed by atoms with Gasteiger partial charge < -0.3 is 28.2 Å². The highest BCUT2D eigenvalue weighted by atomic mass is 16.5. The molecule has 198 valence electrons. The number of hydrogen-bond acceptors (Lipinski definition) is 6. The lowest BCUT2D eigenvalue weighted by atomic mass is 9.88. The summed E-state index contributed by atoms with van der Waals surface area (Å²) < 4.78 is 29.0. The van der Waals surface area contributed by atoms with Crippen molar-refractivity contribution in [2.75, 3.05) is 55.7 Å². The number of ketones is 1. The fourth-order valence-electron chi connectivity index (χ4n) is 5.75. The van der Waals surface area contributed by atoms with Gasteiger partial charge in [-0.3, -0.25) is 4.79 Å². The molecule has 1 heterocycles. The number of Topliss-reactive ketones (excluding diaryl/α,β-unsaturated/α-hetero) is 1. The van der Waals surface area contributed by atoms with Gasteiger partial charge in [-0.05, 0) is 58.1 Å². The minimum absolute atomic E-state index is 0.109. The van der Waals surface area contributed by atoms with Gasteiger partial charge in [0, 0.05) is 17.4 Å². The van der Waals surface area contributed by atoms with Crippen molar-refractivity contribution in [3.63, 3.8) is 0 Å². The topological polar surface area (TPSA) is 63.2 Å². The zero-order valence-corrected chi connectivity index (χ0v) is 22.8. The largest absolute Gasteiger partial charge is 0.497 e. The molecule has 0 saturated heterocycles. The molecular weight excluding hydrogens is 482 g/mol. The van der Waals surface area contributed by atoms with Gasteiger partial charge in [0.1, 0.15) is 18.8 Å². The van der Waals surface area contributed by atoms with Gasteiger partial charge in [-0.1, -0.05) is 12.1 Å². The van der Waals surface area contributed by atoms with Crippen molar-refractivity contribution in [2.24, 2.45) is 0 Å². The lowest BCUT2D eigenvalue weighted by Gasteiger charge is -2.39. The molecule has 38 heavy (non-hydrogen) atoms. The van der Waals surface area contributed by atoms with Crippen LogP contribution in [-0.4, -0.2) is 66.0 Å². The maximum atomic E-state index is 13.2. The molecular formula is C31H34NO6+. The second kappa shape index (κ2) is 10.1. The molecule has 0 radical (unpaired) electrons. The van der Waals surface area contributed by atoms with Crippen molar-refractivity contribution in [3.05, 3.63) is 65.2 Å². The highest BCUT2D eigenvalue weighted by Gasteiger charge is 2.36. The Kier molecular flexibility index (Phi) is 6.80. The third-order valence-corrected chi connectivity index (χ3v) is 7.71. The first-order chi connectivity index (χ1) is 18.4. The molecule has 5 rings (SSSR count). The van der Waals surface area contributed by atoms with E-state index in [-0.39, 0.29) is 5.78 Å². The minimum atomic E-state index is 0.109. The van der Waals surface area contributed by atoms with Crippen molar-refractivity contribution in [3.8, 4) is 28.7 Å². The zero-order valence-electron chi connectivity index (χ0n) is 22.8. The van der Waals surface area contributed by atoms with E-state index >= 15 is 0 Å². The summed E-state index contributed by atoms with van der Waals surface area (Å²) >= 11 is 0. The molecule has 0 aromatic heterocycles. The van der Waals surface area contributed by atoms with E-state index in [1.807, 2.05) is 36.4 Å². The quantitative estimate of drug-likeness (QED) is 0.177. The minimum Gasteiger partial charge on any atom is -0.497 e. The fourth-order valence-corrected chi connectivity index (χ4v) is 5.75. The second-order valence-corrected chi connectivity index (χ2v) is 10.0. The number of benzene rings is 4. The van der Waals surface area contributed by atoms with Crippen molar-refractivity contribution in [1.29, 1.82) is 0 Å². The standard InChI is InChI=1S/C31H34NO6/c1-32(18-26(33)19-7-10-21(34-2)11-8-19)14-13-22-23-12-9-20-15-27(35-3)28(36-4)16-24(20)29(23)31(38-6)30(37-5)25(22)17-32/h7-12,15-16H,13-14,17-18H2,1-6H3/q+1. The summed E-state index contributed by atoms with van der Waals surface area (Å²) in [7, 11) is 10.4. The molecule has 1 aliphatic rings. The number of rotatable bonds is 8. The van der Waals surface area contributed by atoms with Crippen LogP contribution in [0, 0.1) is 0 Å². The van der Waals surface area contributed by atoms with Crippen LogP contribution in [0.3, 0.4) is 0 Å². The number of methoxy groups -OCH3 is 5. The van der Waals surface area contributed by atoms with Crippen LogP contribution >= 0.6 is 0 Å². The third kappa shape index (κ3) is 4.27. The number of ether oxygens (including phenoxy) is 5. The predicted molar refractivity (Wildman–Crippen MR) is 148 cm³/mol. The fraction of sp³-hybridized carbons (Fsp3) is 0.323. The molecule has 0 spiro atoms. The highest BCUT2D eigenvalue weighted by molar-refractivity contribution is 6.14. The molecule has 0 aliphatic carbocycles. The van der Waals surface area contributed by atoms with Crippen molar-refractivity contribution in [1.82, 2.24) is 0 Å². The summed E-state index contributed by atoms with van der Waals surface area (Å²) in [4.78, 5) is 13.2. The number of carbonyl (C=O) groups is 1. The van der Waals surface area contributed by atoms with Crippen LogP contribution in [0.4, 0.5) is 0 Å². The Morgan fingerprint density at radius 2 is 1.45 bits per heavy atom. The van der Waals surface area contributed by atoms with Crippen LogP contribution in [-0.2, 0) is 13.0 Å². The average molecular weight is 517 g/mol. The van der Waals surface area contributed by atoms with E-state index in [4.69, 9.17) is 23.7 Å². The Labute approximate surface area is 223 Å². The van der Waals surface area contributed by atoms with Crippen LogP contribution in [0.25, 0.3) is 21.5 Å². The smallest absolute Gasteiger partial charge is 0.216 e. The summed E-state index contributed by atoms with van der Waals surface area (Å²) in [5.41, 5.74) is 3.02. The number of nitrogens with zero attached hydrogens (tertiary/aromatic N) is 1. The van der Waals surface area contributed by atoms with Crippen LogP contribution in [0.2, 0.25) is 0 Å². The summed E-state index contributed by atoms with van der Waals surface area (Å²) in [5.74, 6) is 3.59. The first-order valence-corrected chi connectivity index (χ1v) is 12.6. The number of carbonyl (C=O) groups excluding carboxylic acids is 1. The summed E-state index contributed by atoms with van der Waals surface area (Å²) in [6.45, 7) is 1.89. The Bertz CT molecular complexity index is 1530. The van der Waals surface area contributed by atoms with Gasteiger partial charge in [-0.2, -0.15) is 0 Å². The van der Waals surface area contributed by atoms with E-state index in [1.165, 1.54) is 5.56 Å². The van der Waals surface area contributed by atoms with E-state index in [2.05, 4.69) is 19.2 Å². The molecule has 7 nitrogen and oxygen atoms in total.